The fourth-order valence-electron chi connectivity index (χ4n) is 3.07. The second-order valence-electron chi connectivity index (χ2n) is 5.80. The molecule has 1 aromatic carbocycles. The number of carbonyl (C=O) groups is 3. The van der Waals surface area contributed by atoms with Crippen molar-refractivity contribution in [3.8, 4) is 0 Å². The second kappa shape index (κ2) is 7.59. The molecule has 8 N–H and O–H groups in total. The van der Waals surface area contributed by atoms with Crippen LogP contribution in [0.3, 0.4) is 0 Å². The lowest BCUT2D eigenvalue weighted by Gasteiger charge is -2.36. The molecule has 1 atom stereocenters. The molecule has 0 aromatic heterocycles. The number of allylic oxidation sites excluding steroid dienone is 1. The molecule has 1 aliphatic carbocycles. The molecule has 1 aliphatic heterocycles. The maximum absolute atomic E-state index is 12.8. The van der Waals surface area contributed by atoms with E-state index in [0.717, 1.165) is 6.08 Å². The van der Waals surface area contributed by atoms with E-state index in [-0.39, 0.29) is 27.3 Å². The van der Waals surface area contributed by atoms with Crippen molar-refractivity contribution in [3.63, 3.8) is 0 Å². The van der Waals surface area contributed by atoms with Crippen molar-refractivity contribution in [3.05, 3.63) is 27.7 Å². The molecule has 14 nitrogen and oxygen atoms in total. The van der Waals surface area contributed by atoms with Crippen LogP contribution < -0.4 is 22.4 Å². The van der Waals surface area contributed by atoms with Crippen LogP contribution in [-0.2, 0) is 24.3 Å². The van der Waals surface area contributed by atoms with Crippen LogP contribution in [0.2, 0.25) is 0 Å². The van der Waals surface area contributed by atoms with Gasteiger partial charge in [-0.2, -0.15) is 13.4 Å². The lowest BCUT2D eigenvalue weighted by atomic mass is 9.79. The zero-order valence-electron chi connectivity index (χ0n) is 14.1. The Balaban J connectivity index is 2.25. The third-order valence-electron chi connectivity index (χ3n) is 4.25. The summed E-state index contributed by atoms with van der Waals surface area (Å²) >= 11 is 0.392. The number of nitrogens with one attached hydrogen (secondary N) is 2. The molecule has 156 valence electrons. The first-order valence-corrected chi connectivity index (χ1v) is 9.73. The van der Waals surface area contributed by atoms with Gasteiger partial charge in [-0.1, -0.05) is 5.04 Å². The summed E-state index contributed by atoms with van der Waals surface area (Å²) in [5, 5.41) is 12.2. The van der Waals surface area contributed by atoms with Crippen LogP contribution in [0.4, 0.5) is 10.5 Å². The van der Waals surface area contributed by atoms with Gasteiger partial charge in [0.05, 0.1) is 33.4 Å². The van der Waals surface area contributed by atoms with Crippen LogP contribution in [0.15, 0.2) is 15.9 Å². The van der Waals surface area contributed by atoms with Crippen molar-refractivity contribution in [1.82, 2.24) is 15.9 Å². The van der Waals surface area contributed by atoms with Gasteiger partial charge in [0.15, 0.2) is 0 Å². The van der Waals surface area contributed by atoms with E-state index in [9.17, 15) is 27.4 Å². The van der Waals surface area contributed by atoms with Gasteiger partial charge in [-0.25, -0.2) is 21.3 Å². The number of nitrogens with zero attached hydrogens (tertiary/aromatic N) is 1. The van der Waals surface area contributed by atoms with E-state index in [1.165, 1.54) is 6.07 Å². The smallest absolute Gasteiger partial charge is 0.348 e. The highest BCUT2D eigenvalue weighted by molar-refractivity contribution is 7.94. The Bertz CT molecular complexity index is 1060. The molecule has 0 saturated carbocycles. The molecule has 0 bridgehead atoms. The highest BCUT2D eigenvalue weighted by Crippen LogP contribution is 2.46. The quantitative estimate of drug-likeness (QED) is 0.0490. The average molecular weight is 447 g/mol. The number of amides is 4. The summed E-state index contributed by atoms with van der Waals surface area (Å²) in [6, 6.07) is 0.125. The second-order valence-corrected chi connectivity index (χ2v) is 8.01. The Kier molecular flexibility index (Phi) is 5.50. The molecule has 1 aromatic rings. The molecule has 29 heavy (non-hydrogen) atoms. The molecule has 0 fully saturated rings. The normalized spacial score (nSPS) is 18.2. The number of imide groups is 1. The zero-order valence-corrected chi connectivity index (χ0v) is 15.7. The predicted molar refractivity (Wildman–Crippen MR) is 95.4 cm³/mol. The SMILES string of the molecule is NNC(=O)NN1C(=O)c2cc(SOOO)c(N)c3c2C(CC(S(=O)(=O)O)=C3)C1=O. The van der Waals surface area contributed by atoms with E-state index in [4.69, 9.17) is 16.8 Å². The summed E-state index contributed by atoms with van der Waals surface area (Å²) in [6.07, 6.45) is 0.551. The number of nitrogens with two attached hydrogens (primary N) is 2. The maximum atomic E-state index is 12.8. The van der Waals surface area contributed by atoms with Crippen molar-refractivity contribution in [2.45, 2.75) is 17.2 Å². The first-order valence-electron chi connectivity index (χ1n) is 7.54. The molecule has 0 radical (unpaired) electrons. The van der Waals surface area contributed by atoms with Gasteiger partial charge in [-0.05, 0) is 17.7 Å². The first kappa shape index (κ1) is 21.0. The topological polar surface area (TPSA) is 224 Å². The van der Waals surface area contributed by atoms with Gasteiger partial charge in [-0.15, -0.1) is 4.33 Å². The molecule has 2 aliphatic rings. The minimum Gasteiger partial charge on any atom is -0.397 e. The zero-order chi connectivity index (χ0) is 21.5. The number of anilines is 1. The lowest BCUT2D eigenvalue weighted by molar-refractivity contribution is -0.432. The first-order chi connectivity index (χ1) is 13.6. The van der Waals surface area contributed by atoms with Gasteiger partial charge in [0, 0.05) is 17.5 Å². The van der Waals surface area contributed by atoms with Gasteiger partial charge in [0.1, 0.15) is 0 Å². The van der Waals surface area contributed by atoms with Gasteiger partial charge in [0.2, 0.25) is 0 Å². The van der Waals surface area contributed by atoms with Crippen molar-refractivity contribution < 1.29 is 42.0 Å². The third-order valence-corrected chi connectivity index (χ3v) is 5.85. The van der Waals surface area contributed by atoms with Crippen molar-refractivity contribution >= 4 is 51.8 Å². The van der Waals surface area contributed by atoms with E-state index in [2.05, 4.69) is 9.37 Å². The van der Waals surface area contributed by atoms with Crippen LogP contribution >= 0.6 is 12.0 Å². The van der Waals surface area contributed by atoms with Gasteiger partial charge in [0.25, 0.3) is 21.9 Å². The van der Waals surface area contributed by atoms with Crippen LogP contribution in [0.25, 0.3) is 6.08 Å². The Morgan fingerprint density at radius 2 is 2.07 bits per heavy atom. The van der Waals surface area contributed by atoms with E-state index >= 15 is 0 Å². The number of rotatable bonds is 5. The Labute approximate surface area is 166 Å². The van der Waals surface area contributed by atoms with Crippen LogP contribution in [0, 0.1) is 0 Å². The molecule has 16 heteroatoms. The van der Waals surface area contributed by atoms with Crippen molar-refractivity contribution in [1.29, 1.82) is 0 Å². The summed E-state index contributed by atoms with van der Waals surface area (Å²) in [4.78, 5) is 36.6. The standard InChI is InChI=1S/C13H13N5O9S2/c14-10-5-1-4(29(23,24)25)2-6-9(5)7(3-8(10)28-27-26-22)12(20)18(11(6)19)17-13(21)16-15/h1,3,6,22H,2,14-15H2,(H2,16,17,21)(H,23,24,25). The van der Waals surface area contributed by atoms with Crippen molar-refractivity contribution in [2.75, 3.05) is 5.73 Å². The lowest BCUT2D eigenvalue weighted by Crippen LogP contribution is -2.58. The number of urea groups is 1. The summed E-state index contributed by atoms with van der Waals surface area (Å²) in [5.74, 6) is 1.77. The van der Waals surface area contributed by atoms with E-state index < -0.39 is 45.2 Å². The average Bonchev–Trinajstić information content (AvgIpc) is 2.68. The maximum Gasteiger partial charge on any atom is 0.348 e. The number of carbonyl (C=O) groups excluding carboxylic acids is 3. The van der Waals surface area contributed by atoms with Crippen LogP contribution in [0.5, 0.6) is 0 Å². The Morgan fingerprint density at radius 3 is 2.66 bits per heavy atom. The predicted octanol–water partition coefficient (Wildman–Crippen LogP) is -0.517. The number of nitrogen functional groups attached to an aromatic ring is 1. The van der Waals surface area contributed by atoms with Gasteiger partial charge >= 0.3 is 6.03 Å². The van der Waals surface area contributed by atoms with Gasteiger partial charge < -0.3 is 5.73 Å². The molecule has 1 unspecified atom stereocenters. The molecule has 3 rings (SSSR count). The van der Waals surface area contributed by atoms with Crippen molar-refractivity contribution in [2.24, 2.45) is 5.84 Å². The largest absolute Gasteiger partial charge is 0.397 e. The van der Waals surface area contributed by atoms with E-state index in [1.807, 2.05) is 5.43 Å². The molecule has 1 heterocycles. The highest BCUT2D eigenvalue weighted by atomic mass is 32.2. The monoisotopic (exact) mass is 447 g/mol. The Morgan fingerprint density at radius 1 is 1.38 bits per heavy atom. The number of hydrogen-bond acceptors (Lipinski definition) is 11. The molecular weight excluding hydrogens is 434 g/mol. The van der Waals surface area contributed by atoms with Gasteiger partial charge in [-0.3, -0.25) is 19.6 Å². The minimum atomic E-state index is -4.70. The number of hydrazine groups is 2. The van der Waals surface area contributed by atoms with E-state index in [0.29, 0.717) is 17.1 Å². The third kappa shape index (κ3) is 3.65. The number of benzene rings is 1. The summed E-state index contributed by atoms with van der Waals surface area (Å²) < 4.78 is 37.1. The number of hydrogen-bond donors (Lipinski definition) is 6. The molecular formula is C13H13N5O9S2. The fraction of sp³-hybridized carbons (Fsp3) is 0.154. The molecule has 0 spiro atoms. The highest BCUT2D eigenvalue weighted by Gasteiger charge is 2.45. The fourth-order valence-corrected chi connectivity index (χ4v) is 4.18. The van der Waals surface area contributed by atoms with Crippen LogP contribution in [-0.4, -0.2) is 41.1 Å². The van der Waals surface area contributed by atoms with Crippen LogP contribution in [0.1, 0.15) is 33.8 Å². The summed E-state index contributed by atoms with van der Waals surface area (Å²) in [7, 11) is -4.70. The Hall–Kier alpha value is -2.73. The molecule has 0 saturated heterocycles. The summed E-state index contributed by atoms with van der Waals surface area (Å²) in [6.45, 7) is 0. The summed E-state index contributed by atoms with van der Waals surface area (Å²) in [5.41, 5.74) is 9.52. The van der Waals surface area contributed by atoms with E-state index in [1.54, 1.807) is 5.43 Å². The molecule has 4 amide bonds. The minimum absolute atomic E-state index is 0.0139.